The Morgan fingerprint density at radius 1 is 1.10 bits per heavy atom. The van der Waals surface area contributed by atoms with Crippen LogP contribution in [-0.2, 0) is 0 Å². The van der Waals surface area contributed by atoms with Gasteiger partial charge in [0.15, 0.2) is 17.5 Å². The topological polar surface area (TPSA) is 0 Å². The number of hydrogen-bond donors (Lipinski definition) is 0. The first-order chi connectivity index (χ1) is 10.1. The normalized spacial score (nSPS) is 22.1. The maximum Gasteiger partial charge on any atom is 0.194 e. The van der Waals surface area contributed by atoms with Crippen LogP contribution in [0.25, 0.3) is 0 Å². The molecule has 112 valence electrons. The molecule has 3 heteroatoms. The first-order valence-electron chi connectivity index (χ1n) is 7.43. The molecule has 1 aromatic carbocycles. The van der Waals surface area contributed by atoms with Crippen molar-refractivity contribution in [2.24, 2.45) is 11.8 Å². The highest BCUT2D eigenvalue weighted by atomic mass is 19.2. The second-order valence-corrected chi connectivity index (χ2v) is 5.57. The number of hydrogen-bond acceptors (Lipinski definition) is 0. The van der Waals surface area contributed by atoms with E-state index in [0.29, 0.717) is 5.92 Å². The molecule has 0 radical (unpaired) electrons. The van der Waals surface area contributed by atoms with Crippen LogP contribution < -0.4 is 0 Å². The molecule has 0 atom stereocenters. The Kier molecular flexibility index (Phi) is 5.50. The summed E-state index contributed by atoms with van der Waals surface area (Å²) in [4.78, 5) is 0. The Labute approximate surface area is 124 Å². The van der Waals surface area contributed by atoms with Crippen molar-refractivity contribution in [3.05, 3.63) is 47.3 Å². The zero-order chi connectivity index (χ0) is 15.2. The Hall–Kier alpha value is -1.69. The van der Waals surface area contributed by atoms with E-state index in [1.165, 1.54) is 32.1 Å². The smallest absolute Gasteiger partial charge is 0.194 e. The molecule has 2 rings (SSSR count). The lowest BCUT2D eigenvalue weighted by atomic mass is 9.81. The fourth-order valence-corrected chi connectivity index (χ4v) is 2.73. The summed E-state index contributed by atoms with van der Waals surface area (Å²) in [5.74, 6) is 2.92. The van der Waals surface area contributed by atoms with Crippen LogP contribution in [0.5, 0.6) is 0 Å². The van der Waals surface area contributed by atoms with Gasteiger partial charge in [-0.3, -0.25) is 0 Å². The van der Waals surface area contributed by atoms with Crippen molar-refractivity contribution >= 4 is 0 Å². The maximum atomic E-state index is 13.0. The average molecular weight is 292 g/mol. The molecule has 1 saturated carbocycles. The molecule has 0 aromatic heterocycles. The molecule has 0 amide bonds. The third-order valence-corrected chi connectivity index (χ3v) is 4.12. The highest BCUT2D eigenvalue weighted by Gasteiger charge is 2.17. The summed E-state index contributed by atoms with van der Waals surface area (Å²) in [5, 5.41) is 0. The summed E-state index contributed by atoms with van der Waals surface area (Å²) < 4.78 is 38.8. The third kappa shape index (κ3) is 4.39. The van der Waals surface area contributed by atoms with Gasteiger partial charge in [0.2, 0.25) is 0 Å². The Bertz CT molecular complexity index is 547. The largest absolute Gasteiger partial charge is 0.204 e. The lowest BCUT2D eigenvalue weighted by molar-refractivity contribution is 0.304. The van der Waals surface area contributed by atoms with Crippen LogP contribution in [0.4, 0.5) is 13.2 Å². The van der Waals surface area contributed by atoms with Crippen molar-refractivity contribution in [1.82, 2.24) is 0 Å². The van der Waals surface area contributed by atoms with Crippen LogP contribution in [0.2, 0.25) is 0 Å². The van der Waals surface area contributed by atoms with Crippen LogP contribution in [0.15, 0.2) is 24.3 Å². The molecule has 0 spiro atoms. The zero-order valence-corrected chi connectivity index (χ0v) is 12.1. The van der Waals surface area contributed by atoms with Crippen LogP contribution in [0, 0.1) is 41.1 Å². The van der Waals surface area contributed by atoms with E-state index in [1.807, 2.05) is 0 Å². The Balaban J connectivity index is 1.93. The molecule has 1 aliphatic carbocycles. The molecular formula is C18H19F3. The van der Waals surface area contributed by atoms with Gasteiger partial charge in [-0.15, -0.1) is 0 Å². The van der Waals surface area contributed by atoms with E-state index in [0.717, 1.165) is 18.1 Å². The van der Waals surface area contributed by atoms with Crippen molar-refractivity contribution < 1.29 is 13.2 Å². The second kappa shape index (κ2) is 7.36. The van der Waals surface area contributed by atoms with Crippen molar-refractivity contribution in [2.45, 2.75) is 39.0 Å². The Morgan fingerprint density at radius 3 is 2.29 bits per heavy atom. The summed E-state index contributed by atoms with van der Waals surface area (Å²) in [6.45, 7) is 2.23. The van der Waals surface area contributed by atoms with E-state index in [2.05, 4.69) is 24.8 Å². The van der Waals surface area contributed by atoms with E-state index in [9.17, 15) is 13.2 Å². The molecule has 0 heterocycles. The van der Waals surface area contributed by atoms with Crippen molar-refractivity contribution in [3.8, 4) is 11.8 Å². The fraction of sp³-hybridized carbons (Fsp3) is 0.444. The van der Waals surface area contributed by atoms with Gasteiger partial charge in [-0.25, -0.2) is 13.2 Å². The van der Waals surface area contributed by atoms with E-state index in [1.54, 1.807) is 6.08 Å². The lowest BCUT2D eigenvalue weighted by Crippen LogP contribution is -2.11. The number of benzene rings is 1. The molecular weight excluding hydrogens is 273 g/mol. The van der Waals surface area contributed by atoms with E-state index in [-0.39, 0.29) is 5.56 Å². The molecule has 1 aliphatic rings. The minimum absolute atomic E-state index is 0.144. The molecule has 0 aliphatic heterocycles. The van der Waals surface area contributed by atoms with E-state index >= 15 is 0 Å². The van der Waals surface area contributed by atoms with Crippen molar-refractivity contribution in [1.29, 1.82) is 0 Å². The van der Waals surface area contributed by atoms with Gasteiger partial charge in [0, 0.05) is 5.56 Å². The van der Waals surface area contributed by atoms with Gasteiger partial charge >= 0.3 is 0 Å². The molecule has 21 heavy (non-hydrogen) atoms. The molecule has 0 saturated heterocycles. The standard InChI is InChI=1S/C18H19F3/c1-2-13-7-9-14(10-8-13)5-3-4-6-15-11-16(19)18(21)17(20)12-15/h3,5,11-14H,2,7-10H2,1H3/t13-,14-. The third-order valence-electron chi connectivity index (χ3n) is 4.12. The molecule has 1 fully saturated rings. The minimum atomic E-state index is -1.45. The summed E-state index contributed by atoms with van der Waals surface area (Å²) >= 11 is 0. The number of rotatable bonds is 2. The van der Waals surface area contributed by atoms with Gasteiger partial charge < -0.3 is 0 Å². The predicted molar refractivity (Wildman–Crippen MR) is 78.1 cm³/mol. The van der Waals surface area contributed by atoms with E-state index < -0.39 is 17.5 Å². The second-order valence-electron chi connectivity index (χ2n) is 5.57. The predicted octanol–water partition coefficient (Wildman–Crippen LogP) is 5.23. The monoisotopic (exact) mass is 292 g/mol. The summed E-state index contributed by atoms with van der Waals surface area (Å²) in [5.41, 5.74) is 0.144. The summed E-state index contributed by atoms with van der Waals surface area (Å²) in [6.07, 6.45) is 9.91. The van der Waals surface area contributed by atoms with Crippen LogP contribution >= 0.6 is 0 Å². The van der Waals surface area contributed by atoms with Gasteiger partial charge in [0.05, 0.1) is 0 Å². The minimum Gasteiger partial charge on any atom is -0.204 e. The highest BCUT2D eigenvalue weighted by molar-refractivity contribution is 5.37. The Morgan fingerprint density at radius 2 is 1.71 bits per heavy atom. The van der Waals surface area contributed by atoms with Crippen molar-refractivity contribution in [3.63, 3.8) is 0 Å². The van der Waals surface area contributed by atoms with Crippen LogP contribution in [-0.4, -0.2) is 0 Å². The highest BCUT2D eigenvalue weighted by Crippen LogP contribution is 2.31. The van der Waals surface area contributed by atoms with Crippen LogP contribution in [0.3, 0.4) is 0 Å². The van der Waals surface area contributed by atoms with Crippen LogP contribution in [0.1, 0.15) is 44.6 Å². The van der Waals surface area contributed by atoms with Gasteiger partial charge in [0.25, 0.3) is 0 Å². The summed E-state index contributed by atoms with van der Waals surface area (Å²) in [6, 6.07) is 1.82. The molecule has 0 nitrogen and oxygen atoms in total. The molecule has 0 N–H and O–H groups in total. The van der Waals surface area contributed by atoms with Gasteiger partial charge in [-0.05, 0) is 55.7 Å². The zero-order valence-electron chi connectivity index (χ0n) is 12.1. The molecule has 0 bridgehead atoms. The van der Waals surface area contributed by atoms with Gasteiger partial charge in [0.1, 0.15) is 0 Å². The molecule has 0 unspecified atom stereocenters. The quantitative estimate of drug-likeness (QED) is 0.517. The number of allylic oxidation sites excluding steroid dienone is 2. The average Bonchev–Trinajstić information content (AvgIpc) is 2.49. The lowest BCUT2D eigenvalue weighted by Gasteiger charge is -2.25. The SMILES string of the molecule is CC[C@H]1CC[C@H](C=CC#Cc2cc(F)c(F)c(F)c2)CC1. The first-order valence-corrected chi connectivity index (χ1v) is 7.43. The van der Waals surface area contributed by atoms with Crippen molar-refractivity contribution in [2.75, 3.05) is 0 Å². The first kappa shape index (κ1) is 15.7. The maximum absolute atomic E-state index is 13.0. The summed E-state index contributed by atoms with van der Waals surface area (Å²) in [7, 11) is 0. The molecule has 1 aromatic rings. The van der Waals surface area contributed by atoms with Gasteiger partial charge in [-0.1, -0.05) is 31.3 Å². The van der Waals surface area contributed by atoms with E-state index in [4.69, 9.17) is 0 Å². The number of halogens is 3. The fourth-order valence-electron chi connectivity index (χ4n) is 2.73. The van der Waals surface area contributed by atoms with Gasteiger partial charge in [-0.2, -0.15) is 0 Å².